The van der Waals surface area contributed by atoms with Crippen molar-refractivity contribution in [2.75, 3.05) is 12.4 Å². The normalized spacial score (nSPS) is 22.1. The van der Waals surface area contributed by atoms with Crippen molar-refractivity contribution in [2.45, 2.75) is 46.1 Å². The molecule has 1 N–H and O–H groups in total. The van der Waals surface area contributed by atoms with Crippen LogP contribution in [-0.2, 0) is 0 Å². The molecule has 2 amide bonds. The molecule has 0 radical (unpaired) electrons. The lowest BCUT2D eigenvalue weighted by Crippen LogP contribution is -2.48. The van der Waals surface area contributed by atoms with Gasteiger partial charge in [-0.3, -0.25) is 0 Å². The van der Waals surface area contributed by atoms with E-state index in [1.807, 2.05) is 49.2 Å². The second-order valence-electron chi connectivity index (χ2n) is 7.56. The van der Waals surface area contributed by atoms with Gasteiger partial charge in [-0.1, -0.05) is 20.3 Å². The molecule has 0 saturated heterocycles. The molecule has 0 aliphatic heterocycles. The Balaban J connectivity index is 1.60. The summed E-state index contributed by atoms with van der Waals surface area (Å²) in [6, 6.07) is 11.1. The summed E-state index contributed by atoms with van der Waals surface area (Å²) in [6.45, 7) is 6.36. The number of benzene rings is 1. The third kappa shape index (κ3) is 4.76. The van der Waals surface area contributed by atoms with E-state index in [-0.39, 0.29) is 12.1 Å². The molecular formula is C21H28N4O2. The number of aromatic nitrogens is 2. The van der Waals surface area contributed by atoms with Crippen molar-refractivity contribution < 1.29 is 9.53 Å². The van der Waals surface area contributed by atoms with Crippen LogP contribution in [0.1, 0.15) is 38.8 Å². The summed E-state index contributed by atoms with van der Waals surface area (Å²) in [7, 11) is 1.89. The summed E-state index contributed by atoms with van der Waals surface area (Å²) < 4.78 is 5.67. The lowest BCUT2D eigenvalue weighted by Gasteiger charge is -2.40. The summed E-state index contributed by atoms with van der Waals surface area (Å²) in [5, 5.41) is 10.9. The molecule has 0 spiro atoms. The Morgan fingerprint density at radius 1 is 1.07 bits per heavy atom. The van der Waals surface area contributed by atoms with Gasteiger partial charge in [0.15, 0.2) is 0 Å². The van der Waals surface area contributed by atoms with Gasteiger partial charge in [-0.05, 0) is 61.9 Å². The predicted octanol–water partition coefficient (Wildman–Crippen LogP) is 4.87. The molecule has 3 rings (SSSR count). The van der Waals surface area contributed by atoms with Crippen LogP contribution in [0.25, 0.3) is 0 Å². The van der Waals surface area contributed by atoms with Crippen molar-refractivity contribution in [2.24, 2.45) is 11.8 Å². The van der Waals surface area contributed by atoms with Crippen molar-refractivity contribution in [1.82, 2.24) is 15.1 Å². The number of ether oxygens (including phenoxy) is 1. The van der Waals surface area contributed by atoms with E-state index in [9.17, 15) is 4.79 Å². The van der Waals surface area contributed by atoms with Gasteiger partial charge in [-0.2, -0.15) is 5.10 Å². The van der Waals surface area contributed by atoms with Crippen LogP contribution in [0.2, 0.25) is 0 Å². The Morgan fingerprint density at radius 3 is 2.33 bits per heavy atom. The first-order valence-corrected chi connectivity index (χ1v) is 9.56. The third-order valence-corrected chi connectivity index (χ3v) is 5.35. The van der Waals surface area contributed by atoms with Gasteiger partial charge in [-0.15, -0.1) is 5.10 Å². The van der Waals surface area contributed by atoms with E-state index in [1.54, 1.807) is 6.07 Å². The average Bonchev–Trinajstić information content (AvgIpc) is 2.65. The SMILES string of the molecule is Cc1ccc(Oc2ccc(NC(=O)N(C)C3C(C)CCCC3C)cc2)nn1. The van der Waals surface area contributed by atoms with Crippen LogP contribution in [0.3, 0.4) is 0 Å². The number of carbonyl (C=O) groups is 1. The summed E-state index contributed by atoms with van der Waals surface area (Å²) in [6.07, 6.45) is 3.61. The molecule has 1 heterocycles. The van der Waals surface area contributed by atoms with Crippen LogP contribution >= 0.6 is 0 Å². The Bertz CT molecular complexity index is 751. The number of amides is 2. The van der Waals surface area contributed by atoms with Gasteiger partial charge in [0.1, 0.15) is 5.75 Å². The maximum Gasteiger partial charge on any atom is 0.321 e. The maximum atomic E-state index is 12.7. The molecule has 6 nitrogen and oxygen atoms in total. The lowest BCUT2D eigenvalue weighted by atomic mass is 9.78. The van der Waals surface area contributed by atoms with E-state index >= 15 is 0 Å². The van der Waals surface area contributed by atoms with Crippen molar-refractivity contribution in [1.29, 1.82) is 0 Å². The van der Waals surface area contributed by atoms with Gasteiger partial charge in [0.05, 0.1) is 5.69 Å². The highest BCUT2D eigenvalue weighted by Crippen LogP contribution is 2.32. The van der Waals surface area contributed by atoms with Crippen LogP contribution < -0.4 is 10.1 Å². The fourth-order valence-electron chi connectivity index (χ4n) is 3.94. The number of urea groups is 1. The molecule has 144 valence electrons. The largest absolute Gasteiger partial charge is 0.438 e. The number of hydrogen-bond donors (Lipinski definition) is 1. The van der Waals surface area contributed by atoms with Crippen LogP contribution in [0.15, 0.2) is 36.4 Å². The zero-order valence-electron chi connectivity index (χ0n) is 16.5. The van der Waals surface area contributed by atoms with Crippen molar-refractivity contribution >= 4 is 11.7 Å². The molecule has 6 heteroatoms. The second-order valence-corrected chi connectivity index (χ2v) is 7.56. The zero-order chi connectivity index (χ0) is 19.4. The highest BCUT2D eigenvalue weighted by Gasteiger charge is 2.33. The Morgan fingerprint density at radius 2 is 1.74 bits per heavy atom. The molecule has 1 aliphatic rings. The Kier molecular flexibility index (Phi) is 5.94. The van der Waals surface area contributed by atoms with E-state index in [0.717, 1.165) is 11.4 Å². The highest BCUT2D eigenvalue weighted by molar-refractivity contribution is 5.89. The number of carbonyl (C=O) groups excluding carboxylic acids is 1. The number of rotatable bonds is 4. The first kappa shape index (κ1) is 19.1. The maximum absolute atomic E-state index is 12.7. The van der Waals surface area contributed by atoms with E-state index in [0.29, 0.717) is 23.5 Å². The molecule has 1 saturated carbocycles. The van der Waals surface area contributed by atoms with Crippen LogP contribution in [0, 0.1) is 18.8 Å². The summed E-state index contributed by atoms with van der Waals surface area (Å²) >= 11 is 0. The summed E-state index contributed by atoms with van der Waals surface area (Å²) in [4.78, 5) is 14.5. The van der Waals surface area contributed by atoms with Gasteiger partial charge in [0, 0.05) is 24.8 Å². The van der Waals surface area contributed by atoms with Crippen LogP contribution in [0.4, 0.5) is 10.5 Å². The van der Waals surface area contributed by atoms with Gasteiger partial charge in [0.25, 0.3) is 0 Å². The first-order chi connectivity index (χ1) is 12.9. The molecule has 1 fully saturated rings. The van der Waals surface area contributed by atoms with Crippen LogP contribution in [-0.4, -0.2) is 34.2 Å². The number of anilines is 1. The minimum Gasteiger partial charge on any atom is -0.438 e. The van der Waals surface area contributed by atoms with Gasteiger partial charge < -0.3 is 15.0 Å². The highest BCUT2D eigenvalue weighted by atomic mass is 16.5. The molecule has 1 aromatic carbocycles. The third-order valence-electron chi connectivity index (χ3n) is 5.35. The fourth-order valence-corrected chi connectivity index (χ4v) is 3.94. The van der Waals surface area contributed by atoms with Crippen molar-refractivity contribution in [3.63, 3.8) is 0 Å². The van der Waals surface area contributed by atoms with E-state index < -0.39 is 0 Å². The topological polar surface area (TPSA) is 67.3 Å². The summed E-state index contributed by atoms with van der Waals surface area (Å²) in [5.41, 5.74) is 1.58. The molecule has 2 atom stereocenters. The van der Waals surface area contributed by atoms with Crippen molar-refractivity contribution in [3.05, 3.63) is 42.1 Å². The molecular weight excluding hydrogens is 340 g/mol. The Labute approximate surface area is 160 Å². The predicted molar refractivity (Wildman–Crippen MR) is 106 cm³/mol. The molecule has 2 aromatic rings. The lowest BCUT2D eigenvalue weighted by molar-refractivity contribution is 0.115. The van der Waals surface area contributed by atoms with E-state index in [2.05, 4.69) is 29.4 Å². The van der Waals surface area contributed by atoms with Gasteiger partial charge in [0.2, 0.25) is 5.88 Å². The van der Waals surface area contributed by atoms with E-state index in [4.69, 9.17) is 4.74 Å². The zero-order valence-corrected chi connectivity index (χ0v) is 16.5. The number of nitrogens with one attached hydrogen (secondary N) is 1. The minimum atomic E-state index is -0.0707. The molecule has 0 bridgehead atoms. The van der Waals surface area contributed by atoms with Gasteiger partial charge in [-0.25, -0.2) is 4.79 Å². The number of hydrogen-bond acceptors (Lipinski definition) is 4. The van der Waals surface area contributed by atoms with Crippen LogP contribution in [0.5, 0.6) is 11.6 Å². The second kappa shape index (κ2) is 8.37. The Hall–Kier alpha value is -2.63. The smallest absolute Gasteiger partial charge is 0.321 e. The minimum absolute atomic E-state index is 0.0707. The van der Waals surface area contributed by atoms with E-state index in [1.165, 1.54) is 19.3 Å². The first-order valence-electron chi connectivity index (χ1n) is 9.56. The molecule has 1 aliphatic carbocycles. The summed E-state index contributed by atoms with van der Waals surface area (Å²) in [5.74, 6) is 2.14. The fraction of sp³-hybridized carbons (Fsp3) is 0.476. The van der Waals surface area contributed by atoms with Gasteiger partial charge >= 0.3 is 6.03 Å². The number of nitrogens with zero attached hydrogens (tertiary/aromatic N) is 3. The standard InChI is InChI=1S/C21H28N4O2/c1-14-6-5-7-15(2)20(14)25(4)21(26)22-17-9-11-18(12-10-17)27-19-13-8-16(3)23-24-19/h8-15,20H,5-7H2,1-4H3,(H,22,26). The molecule has 27 heavy (non-hydrogen) atoms. The number of aryl methyl sites for hydroxylation is 1. The quantitative estimate of drug-likeness (QED) is 0.836. The molecule has 2 unspecified atom stereocenters. The molecule has 1 aromatic heterocycles. The van der Waals surface area contributed by atoms with Crippen molar-refractivity contribution in [3.8, 4) is 11.6 Å². The average molecular weight is 368 g/mol. The monoisotopic (exact) mass is 368 g/mol.